The van der Waals surface area contributed by atoms with Gasteiger partial charge < -0.3 is 9.15 Å². The monoisotopic (exact) mass is 326 g/mol. The van der Waals surface area contributed by atoms with Crippen molar-refractivity contribution in [3.05, 3.63) is 81.2 Å². The van der Waals surface area contributed by atoms with Gasteiger partial charge in [-0.2, -0.15) is 0 Å². The molecule has 3 aromatic rings. The molecule has 0 unspecified atom stereocenters. The van der Waals surface area contributed by atoms with Gasteiger partial charge in [0.2, 0.25) is 5.78 Å². The first-order valence-electron chi connectivity index (χ1n) is 7.11. The van der Waals surface area contributed by atoms with E-state index in [4.69, 9.17) is 20.8 Å². The second kappa shape index (κ2) is 5.33. The van der Waals surface area contributed by atoms with Crippen molar-refractivity contribution in [1.82, 2.24) is 0 Å². The largest absolute Gasteiger partial charge is 0.422 e. The van der Waals surface area contributed by atoms with Gasteiger partial charge in [0.25, 0.3) is 0 Å². The number of hydrogen-bond acceptors (Lipinski definition) is 4. The van der Waals surface area contributed by atoms with E-state index >= 15 is 0 Å². The molecule has 1 aromatic heterocycles. The number of ketones is 1. The molecule has 0 radical (unpaired) electrons. The lowest BCUT2D eigenvalue weighted by Crippen LogP contribution is -2.18. The average molecular weight is 327 g/mol. The predicted octanol–water partition coefficient (Wildman–Crippen LogP) is 3.77. The SMILES string of the molecule is O=C(c1cc2ccccc2oc1=O)[C@H]1O[C@@H]1c1cccc(Cl)c1. The van der Waals surface area contributed by atoms with Crippen LogP contribution < -0.4 is 5.63 Å². The molecule has 2 aromatic carbocycles. The van der Waals surface area contributed by atoms with Crippen LogP contribution in [0.25, 0.3) is 11.0 Å². The minimum Gasteiger partial charge on any atom is -0.422 e. The highest BCUT2D eigenvalue weighted by molar-refractivity contribution is 6.30. The Hall–Kier alpha value is -2.43. The third-order valence-corrected chi connectivity index (χ3v) is 4.07. The summed E-state index contributed by atoms with van der Waals surface area (Å²) in [7, 11) is 0. The molecule has 1 saturated heterocycles. The van der Waals surface area contributed by atoms with Gasteiger partial charge in [0, 0.05) is 10.4 Å². The van der Waals surface area contributed by atoms with E-state index in [2.05, 4.69) is 0 Å². The number of hydrogen-bond donors (Lipinski definition) is 0. The lowest BCUT2D eigenvalue weighted by molar-refractivity contribution is 0.0950. The van der Waals surface area contributed by atoms with E-state index in [-0.39, 0.29) is 17.5 Å². The quantitative estimate of drug-likeness (QED) is 0.417. The maximum Gasteiger partial charge on any atom is 0.347 e. The van der Waals surface area contributed by atoms with Crippen molar-refractivity contribution in [3.63, 3.8) is 0 Å². The van der Waals surface area contributed by atoms with E-state index < -0.39 is 11.7 Å². The Morgan fingerprint density at radius 3 is 2.70 bits per heavy atom. The first-order valence-corrected chi connectivity index (χ1v) is 7.49. The van der Waals surface area contributed by atoms with E-state index in [1.165, 1.54) is 0 Å². The van der Waals surface area contributed by atoms with Gasteiger partial charge in [0.05, 0.1) is 0 Å². The summed E-state index contributed by atoms with van der Waals surface area (Å²) in [6, 6.07) is 15.8. The van der Waals surface area contributed by atoms with Crippen LogP contribution in [0.15, 0.2) is 63.8 Å². The van der Waals surface area contributed by atoms with Crippen molar-refractivity contribution in [2.75, 3.05) is 0 Å². The van der Waals surface area contributed by atoms with Crippen LogP contribution in [-0.4, -0.2) is 11.9 Å². The van der Waals surface area contributed by atoms with Crippen molar-refractivity contribution in [2.24, 2.45) is 0 Å². The van der Waals surface area contributed by atoms with Crippen LogP contribution in [0.3, 0.4) is 0 Å². The van der Waals surface area contributed by atoms with Crippen LogP contribution in [0.1, 0.15) is 22.0 Å². The van der Waals surface area contributed by atoms with E-state index in [0.29, 0.717) is 16.0 Å². The van der Waals surface area contributed by atoms with Crippen LogP contribution >= 0.6 is 11.6 Å². The molecule has 1 fully saturated rings. The van der Waals surface area contributed by atoms with Crippen LogP contribution in [-0.2, 0) is 4.74 Å². The Kier molecular flexibility index (Phi) is 3.29. The first kappa shape index (κ1) is 14.2. The number of ether oxygens (including phenoxy) is 1. The van der Waals surface area contributed by atoms with E-state index in [1.54, 1.807) is 42.5 Å². The maximum atomic E-state index is 12.5. The van der Waals surface area contributed by atoms with Crippen molar-refractivity contribution in [2.45, 2.75) is 12.2 Å². The number of epoxide rings is 1. The Bertz CT molecular complexity index is 976. The molecule has 0 amide bonds. The highest BCUT2D eigenvalue weighted by Gasteiger charge is 2.47. The number of carbonyl (C=O) groups excluding carboxylic acids is 1. The zero-order valence-electron chi connectivity index (χ0n) is 11.9. The van der Waals surface area contributed by atoms with E-state index in [0.717, 1.165) is 5.56 Å². The molecule has 23 heavy (non-hydrogen) atoms. The number of rotatable bonds is 3. The fourth-order valence-corrected chi connectivity index (χ4v) is 2.83. The third kappa shape index (κ3) is 2.56. The van der Waals surface area contributed by atoms with Gasteiger partial charge in [-0.25, -0.2) is 4.79 Å². The zero-order valence-corrected chi connectivity index (χ0v) is 12.6. The normalized spacial score (nSPS) is 19.7. The fourth-order valence-electron chi connectivity index (χ4n) is 2.64. The van der Waals surface area contributed by atoms with Crippen molar-refractivity contribution in [3.8, 4) is 0 Å². The van der Waals surface area contributed by atoms with Gasteiger partial charge in [-0.05, 0) is 29.8 Å². The molecule has 5 heteroatoms. The molecular weight excluding hydrogens is 316 g/mol. The van der Waals surface area contributed by atoms with Crippen LogP contribution in [0.4, 0.5) is 0 Å². The van der Waals surface area contributed by atoms with Gasteiger partial charge >= 0.3 is 5.63 Å². The summed E-state index contributed by atoms with van der Waals surface area (Å²) >= 11 is 5.95. The Morgan fingerprint density at radius 2 is 1.87 bits per heavy atom. The second-order valence-corrected chi connectivity index (χ2v) is 5.82. The standard InChI is InChI=1S/C18H11ClO4/c19-12-6-3-5-11(8-12)16-17(23-16)15(20)13-9-10-4-1-2-7-14(10)22-18(13)21/h1-9,16-17H/t16-,17-/m1/s1. The van der Waals surface area contributed by atoms with Gasteiger partial charge in [-0.15, -0.1) is 0 Å². The fraction of sp³-hybridized carbons (Fsp3) is 0.111. The highest BCUT2D eigenvalue weighted by atomic mass is 35.5. The topological polar surface area (TPSA) is 59.8 Å². The molecule has 2 heterocycles. The smallest absolute Gasteiger partial charge is 0.347 e. The van der Waals surface area contributed by atoms with Gasteiger partial charge in [-0.3, -0.25) is 4.79 Å². The molecule has 4 rings (SSSR count). The van der Waals surface area contributed by atoms with Crippen molar-refractivity contribution in [1.29, 1.82) is 0 Å². The molecule has 4 nitrogen and oxygen atoms in total. The Labute approximate surface area is 136 Å². The zero-order chi connectivity index (χ0) is 16.0. The molecule has 1 aliphatic rings. The second-order valence-electron chi connectivity index (χ2n) is 5.38. The molecule has 1 aliphatic heterocycles. The molecule has 114 valence electrons. The maximum absolute atomic E-state index is 12.5. The molecule has 2 atom stereocenters. The molecule has 0 saturated carbocycles. The molecule has 0 aliphatic carbocycles. The molecular formula is C18H11ClO4. The van der Waals surface area contributed by atoms with Crippen molar-refractivity contribution < 1.29 is 13.9 Å². The minimum atomic E-state index is -0.669. The van der Waals surface area contributed by atoms with Crippen LogP contribution in [0.2, 0.25) is 5.02 Å². The lowest BCUT2D eigenvalue weighted by atomic mass is 10.0. The van der Waals surface area contributed by atoms with Crippen molar-refractivity contribution >= 4 is 28.4 Å². The summed E-state index contributed by atoms with van der Waals surface area (Å²) in [5.41, 5.74) is 0.644. The third-order valence-electron chi connectivity index (χ3n) is 3.83. The van der Waals surface area contributed by atoms with E-state index in [9.17, 15) is 9.59 Å². The summed E-state index contributed by atoms with van der Waals surface area (Å²) in [5, 5.41) is 1.28. The van der Waals surface area contributed by atoms with Gasteiger partial charge in [0.1, 0.15) is 17.3 Å². The predicted molar refractivity (Wildman–Crippen MR) is 85.9 cm³/mol. The summed E-state index contributed by atoms with van der Waals surface area (Å²) in [6.45, 7) is 0. The number of fused-ring (bicyclic) bond motifs is 1. The van der Waals surface area contributed by atoms with Gasteiger partial charge in [-0.1, -0.05) is 41.9 Å². The Morgan fingerprint density at radius 1 is 1.04 bits per heavy atom. The summed E-state index contributed by atoms with van der Waals surface area (Å²) < 4.78 is 10.7. The molecule has 0 bridgehead atoms. The number of benzene rings is 2. The summed E-state index contributed by atoms with van der Waals surface area (Å²) in [5.74, 6) is -0.366. The number of para-hydroxylation sites is 1. The van der Waals surface area contributed by atoms with Crippen LogP contribution in [0, 0.1) is 0 Å². The first-order chi connectivity index (χ1) is 11.1. The number of carbonyl (C=O) groups is 1. The molecule has 0 spiro atoms. The summed E-state index contributed by atoms with van der Waals surface area (Å²) in [4.78, 5) is 24.6. The minimum absolute atomic E-state index is 0.0122. The number of halogens is 1. The van der Waals surface area contributed by atoms with Gasteiger partial charge in [0.15, 0.2) is 6.10 Å². The van der Waals surface area contributed by atoms with Crippen LogP contribution in [0.5, 0.6) is 0 Å². The van der Waals surface area contributed by atoms with E-state index in [1.807, 2.05) is 12.1 Å². The Balaban J connectivity index is 1.66. The molecule has 0 N–H and O–H groups in total. The average Bonchev–Trinajstić information content (AvgIpc) is 3.34. The summed E-state index contributed by atoms with van der Waals surface area (Å²) in [6.07, 6.45) is -1.04. The number of Topliss-reactive ketones (excluding diaryl/α,β-unsaturated/α-hetero) is 1. The lowest BCUT2D eigenvalue weighted by Gasteiger charge is -2.00. The highest BCUT2D eigenvalue weighted by Crippen LogP contribution is 2.41.